The van der Waals surface area contributed by atoms with Crippen molar-refractivity contribution >= 4 is 11.7 Å². The van der Waals surface area contributed by atoms with Gasteiger partial charge in [0.2, 0.25) is 0 Å². The zero-order valence-electron chi connectivity index (χ0n) is 15.4. The van der Waals surface area contributed by atoms with E-state index in [9.17, 15) is 19.3 Å². The first kappa shape index (κ1) is 19.2. The van der Waals surface area contributed by atoms with E-state index in [1.54, 1.807) is 54.9 Å². The van der Waals surface area contributed by atoms with Gasteiger partial charge in [-0.05, 0) is 49.2 Å². The molecule has 0 atom stereocenters. The van der Waals surface area contributed by atoms with Crippen molar-refractivity contribution in [1.29, 1.82) is 0 Å². The summed E-state index contributed by atoms with van der Waals surface area (Å²) >= 11 is 0. The van der Waals surface area contributed by atoms with Gasteiger partial charge in [0.15, 0.2) is 0 Å². The molecule has 0 amide bonds. The van der Waals surface area contributed by atoms with Crippen LogP contribution in [0.1, 0.15) is 32.9 Å². The molecular weight excluding hydrogens is 365 g/mol. The standard InChI is InChI=1S/C20H18FN3O4/c1-13-19(24(26)27)14(2)23(22-13)11-15-6-8-17(9-7-15)20(25)28-12-16-4-3-5-18(21)10-16/h3-10H,11-12H2,1-2H3. The van der Waals surface area contributed by atoms with Gasteiger partial charge in [-0.15, -0.1) is 0 Å². The van der Waals surface area contributed by atoms with Crippen LogP contribution >= 0.6 is 0 Å². The van der Waals surface area contributed by atoms with Gasteiger partial charge in [0.25, 0.3) is 0 Å². The highest BCUT2D eigenvalue weighted by Crippen LogP contribution is 2.22. The van der Waals surface area contributed by atoms with Crippen LogP contribution in [0.25, 0.3) is 0 Å². The van der Waals surface area contributed by atoms with Gasteiger partial charge >= 0.3 is 11.7 Å². The molecule has 0 bridgehead atoms. The number of hydrogen-bond donors (Lipinski definition) is 0. The molecule has 2 aromatic carbocycles. The molecule has 0 aliphatic rings. The highest BCUT2D eigenvalue weighted by Gasteiger charge is 2.21. The van der Waals surface area contributed by atoms with Crippen LogP contribution in [0.4, 0.5) is 10.1 Å². The molecule has 0 N–H and O–H groups in total. The molecular formula is C20H18FN3O4. The third kappa shape index (κ3) is 4.22. The zero-order chi connectivity index (χ0) is 20.3. The Hall–Kier alpha value is -3.55. The molecule has 3 rings (SSSR count). The number of ether oxygens (including phenoxy) is 1. The monoisotopic (exact) mass is 383 g/mol. The van der Waals surface area contributed by atoms with Gasteiger partial charge in [-0.3, -0.25) is 14.8 Å². The summed E-state index contributed by atoms with van der Waals surface area (Å²) in [5.41, 5.74) is 2.61. The Labute approximate surface area is 160 Å². The fourth-order valence-corrected chi connectivity index (χ4v) is 2.88. The van der Waals surface area contributed by atoms with E-state index in [4.69, 9.17) is 4.74 Å². The van der Waals surface area contributed by atoms with E-state index in [1.165, 1.54) is 12.1 Å². The molecule has 0 aliphatic carbocycles. The highest BCUT2D eigenvalue weighted by atomic mass is 19.1. The molecule has 0 unspecified atom stereocenters. The zero-order valence-corrected chi connectivity index (χ0v) is 15.4. The lowest BCUT2D eigenvalue weighted by atomic mass is 10.1. The minimum Gasteiger partial charge on any atom is -0.457 e. The van der Waals surface area contributed by atoms with E-state index in [0.717, 1.165) is 5.56 Å². The number of aromatic nitrogens is 2. The van der Waals surface area contributed by atoms with E-state index >= 15 is 0 Å². The Balaban J connectivity index is 1.66. The van der Waals surface area contributed by atoms with Crippen molar-refractivity contribution < 1.29 is 18.8 Å². The molecule has 0 fully saturated rings. The first-order valence-electron chi connectivity index (χ1n) is 8.54. The van der Waals surface area contributed by atoms with Crippen molar-refractivity contribution in [2.45, 2.75) is 27.0 Å². The number of rotatable bonds is 6. The Kier molecular flexibility index (Phi) is 5.49. The Morgan fingerprint density at radius 2 is 1.89 bits per heavy atom. The molecule has 3 aromatic rings. The van der Waals surface area contributed by atoms with Crippen LogP contribution in [-0.4, -0.2) is 20.7 Å². The van der Waals surface area contributed by atoms with Crippen molar-refractivity contribution in [3.8, 4) is 0 Å². The topological polar surface area (TPSA) is 87.3 Å². The predicted octanol–water partition coefficient (Wildman–Crippen LogP) is 3.95. The smallest absolute Gasteiger partial charge is 0.338 e. The number of nitrogens with zero attached hydrogens (tertiary/aromatic N) is 3. The first-order valence-corrected chi connectivity index (χ1v) is 8.54. The van der Waals surface area contributed by atoms with Crippen LogP contribution in [0.3, 0.4) is 0 Å². The lowest BCUT2D eigenvalue weighted by Gasteiger charge is -2.07. The lowest BCUT2D eigenvalue weighted by molar-refractivity contribution is -0.386. The van der Waals surface area contributed by atoms with E-state index in [0.29, 0.717) is 29.1 Å². The fourth-order valence-electron chi connectivity index (χ4n) is 2.88. The van der Waals surface area contributed by atoms with E-state index in [1.807, 2.05) is 0 Å². The molecule has 1 aromatic heterocycles. The summed E-state index contributed by atoms with van der Waals surface area (Å²) in [5, 5.41) is 15.3. The largest absolute Gasteiger partial charge is 0.457 e. The minimum atomic E-state index is -0.516. The van der Waals surface area contributed by atoms with Gasteiger partial charge < -0.3 is 4.74 Å². The average Bonchev–Trinajstić information content (AvgIpc) is 2.94. The molecule has 8 heteroatoms. The molecule has 7 nitrogen and oxygen atoms in total. The maximum Gasteiger partial charge on any atom is 0.338 e. The van der Waals surface area contributed by atoms with Crippen molar-refractivity contribution in [1.82, 2.24) is 9.78 Å². The van der Waals surface area contributed by atoms with Crippen LogP contribution in [0.15, 0.2) is 48.5 Å². The Morgan fingerprint density at radius 3 is 2.50 bits per heavy atom. The van der Waals surface area contributed by atoms with Gasteiger partial charge in [-0.2, -0.15) is 5.10 Å². The quantitative estimate of drug-likeness (QED) is 0.365. The summed E-state index contributed by atoms with van der Waals surface area (Å²) < 4.78 is 19.9. The fraction of sp³-hybridized carbons (Fsp3) is 0.200. The number of carbonyl (C=O) groups is 1. The van der Waals surface area contributed by atoms with Gasteiger partial charge in [-0.1, -0.05) is 24.3 Å². The second kappa shape index (κ2) is 7.99. The lowest BCUT2D eigenvalue weighted by Crippen LogP contribution is -2.07. The van der Waals surface area contributed by atoms with Crippen LogP contribution in [0, 0.1) is 29.8 Å². The number of nitro groups is 1. The average molecular weight is 383 g/mol. The Morgan fingerprint density at radius 1 is 1.18 bits per heavy atom. The third-order valence-corrected chi connectivity index (χ3v) is 4.31. The predicted molar refractivity (Wildman–Crippen MR) is 99.4 cm³/mol. The van der Waals surface area contributed by atoms with Crippen LogP contribution in [0.5, 0.6) is 0 Å². The summed E-state index contributed by atoms with van der Waals surface area (Å²) in [4.78, 5) is 22.8. The number of aryl methyl sites for hydroxylation is 1. The number of hydrogen-bond acceptors (Lipinski definition) is 5. The van der Waals surface area contributed by atoms with Crippen LogP contribution < -0.4 is 0 Å². The second-order valence-electron chi connectivity index (χ2n) is 6.34. The van der Waals surface area contributed by atoms with Crippen molar-refractivity contribution in [3.05, 3.63) is 92.5 Å². The molecule has 0 spiro atoms. The Bertz CT molecular complexity index is 1030. The molecule has 1 heterocycles. The second-order valence-corrected chi connectivity index (χ2v) is 6.34. The van der Waals surface area contributed by atoms with Crippen LogP contribution in [0.2, 0.25) is 0 Å². The maximum atomic E-state index is 13.2. The molecule has 0 saturated carbocycles. The summed E-state index contributed by atoms with van der Waals surface area (Å²) in [6.45, 7) is 3.57. The van der Waals surface area contributed by atoms with Gasteiger partial charge in [-0.25, -0.2) is 9.18 Å². The number of halogens is 1. The minimum absolute atomic E-state index is 0.0116. The first-order chi connectivity index (χ1) is 13.3. The molecule has 0 radical (unpaired) electrons. The van der Waals surface area contributed by atoms with Crippen molar-refractivity contribution in [2.24, 2.45) is 0 Å². The van der Waals surface area contributed by atoms with Gasteiger partial charge in [0.1, 0.15) is 23.8 Å². The molecule has 0 aliphatic heterocycles. The van der Waals surface area contributed by atoms with Gasteiger partial charge in [0, 0.05) is 0 Å². The third-order valence-electron chi connectivity index (χ3n) is 4.31. The number of benzene rings is 2. The number of carbonyl (C=O) groups excluding carboxylic acids is 1. The summed E-state index contributed by atoms with van der Waals surface area (Å²) in [6, 6.07) is 12.6. The molecule has 28 heavy (non-hydrogen) atoms. The molecule has 144 valence electrons. The van der Waals surface area contributed by atoms with E-state index in [2.05, 4.69) is 5.10 Å². The maximum absolute atomic E-state index is 13.2. The van der Waals surface area contributed by atoms with E-state index in [-0.39, 0.29) is 18.1 Å². The summed E-state index contributed by atoms with van der Waals surface area (Å²) in [6.07, 6.45) is 0. The summed E-state index contributed by atoms with van der Waals surface area (Å²) in [5.74, 6) is -0.903. The number of esters is 1. The SMILES string of the molecule is Cc1nn(Cc2ccc(C(=O)OCc3cccc(F)c3)cc2)c(C)c1[N+](=O)[O-]. The summed E-state index contributed by atoms with van der Waals surface area (Å²) in [7, 11) is 0. The van der Waals surface area contributed by atoms with E-state index < -0.39 is 10.9 Å². The van der Waals surface area contributed by atoms with Crippen LogP contribution in [-0.2, 0) is 17.9 Å². The van der Waals surface area contributed by atoms with Gasteiger partial charge in [0.05, 0.1) is 17.0 Å². The van der Waals surface area contributed by atoms with Crippen molar-refractivity contribution in [2.75, 3.05) is 0 Å². The van der Waals surface area contributed by atoms with Crippen molar-refractivity contribution in [3.63, 3.8) is 0 Å². The highest BCUT2D eigenvalue weighted by molar-refractivity contribution is 5.89. The normalized spacial score (nSPS) is 10.7. The molecule has 0 saturated heterocycles.